The number of furan rings is 1. The molecule has 2 N–H and O–H groups in total. The maximum Gasteiger partial charge on any atom is 0.322 e. The van der Waals surface area contributed by atoms with Gasteiger partial charge in [0.25, 0.3) is 0 Å². The van der Waals surface area contributed by atoms with Gasteiger partial charge in [0.15, 0.2) is 5.78 Å². The van der Waals surface area contributed by atoms with Crippen molar-refractivity contribution in [3.63, 3.8) is 0 Å². The Morgan fingerprint density at radius 1 is 1.24 bits per heavy atom. The van der Waals surface area contributed by atoms with E-state index in [1.54, 1.807) is 30.3 Å². The van der Waals surface area contributed by atoms with Crippen LogP contribution in [0, 0.1) is 0 Å². The number of ketones is 1. The summed E-state index contributed by atoms with van der Waals surface area (Å²) >= 11 is 0. The fraction of sp³-hybridized carbons (Fsp3) is 0.263. The van der Waals surface area contributed by atoms with Gasteiger partial charge in [-0.25, -0.2) is 4.79 Å². The summed E-state index contributed by atoms with van der Waals surface area (Å²) in [4.78, 5) is 27.2. The average Bonchev–Trinajstić information content (AvgIpc) is 3.10. The van der Waals surface area contributed by atoms with Gasteiger partial charge in [0, 0.05) is 24.7 Å². The Labute approximate surface area is 145 Å². The fourth-order valence-electron chi connectivity index (χ4n) is 3.59. The highest BCUT2D eigenvalue weighted by molar-refractivity contribution is 6.05. The van der Waals surface area contributed by atoms with Crippen LogP contribution in [0.3, 0.4) is 0 Å². The molecule has 1 aromatic carbocycles. The Kier molecular flexibility index (Phi) is 3.80. The number of hydrogen-bond acceptors (Lipinski definition) is 4. The molecular formula is C19H19N3O3. The van der Waals surface area contributed by atoms with Crippen molar-refractivity contribution < 1.29 is 14.0 Å². The summed E-state index contributed by atoms with van der Waals surface area (Å²) in [5, 5.41) is 6.08. The average molecular weight is 337 g/mol. The van der Waals surface area contributed by atoms with E-state index in [4.69, 9.17) is 4.42 Å². The predicted octanol–water partition coefficient (Wildman–Crippen LogP) is 3.60. The molecule has 0 spiro atoms. The number of rotatable bonds is 1. The second-order valence-electron chi connectivity index (χ2n) is 6.15. The van der Waals surface area contributed by atoms with Crippen molar-refractivity contribution in [3.8, 4) is 0 Å². The standard InChI is InChI=1S/C19H19N3O3/c1-20-19(24)22-14-8-3-2-6-12(14)21-13-7-4-9-15(23)17(13)18(22)16-10-5-11-25-16/h2-3,5-6,8,10-11,18,21H,4,7,9H2,1H3,(H,20,24)/t18-/m0/s1. The fourth-order valence-corrected chi connectivity index (χ4v) is 3.59. The number of anilines is 2. The highest BCUT2D eigenvalue weighted by Gasteiger charge is 2.40. The number of nitrogens with one attached hydrogen (secondary N) is 2. The number of para-hydroxylation sites is 2. The molecule has 1 aliphatic carbocycles. The van der Waals surface area contributed by atoms with E-state index in [0.717, 1.165) is 24.2 Å². The molecule has 2 heterocycles. The quantitative estimate of drug-likeness (QED) is 0.834. The topological polar surface area (TPSA) is 74.6 Å². The molecule has 2 amide bonds. The monoisotopic (exact) mass is 337 g/mol. The van der Waals surface area contributed by atoms with Crippen molar-refractivity contribution in [3.05, 3.63) is 59.7 Å². The zero-order valence-corrected chi connectivity index (χ0v) is 13.9. The van der Waals surface area contributed by atoms with Gasteiger partial charge in [0.05, 0.1) is 17.6 Å². The van der Waals surface area contributed by atoms with Gasteiger partial charge in [-0.1, -0.05) is 12.1 Å². The Morgan fingerprint density at radius 2 is 2.08 bits per heavy atom. The maximum atomic E-state index is 12.8. The molecule has 0 saturated carbocycles. The van der Waals surface area contributed by atoms with Gasteiger partial charge < -0.3 is 15.1 Å². The summed E-state index contributed by atoms with van der Waals surface area (Å²) in [7, 11) is 1.58. The zero-order valence-electron chi connectivity index (χ0n) is 13.9. The van der Waals surface area contributed by atoms with E-state index in [9.17, 15) is 9.59 Å². The Hall–Kier alpha value is -3.02. The largest absolute Gasteiger partial charge is 0.467 e. The van der Waals surface area contributed by atoms with Crippen LogP contribution in [0.1, 0.15) is 31.1 Å². The highest BCUT2D eigenvalue weighted by atomic mass is 16.3. The Morgan fingerprint density at radius 3 is 2.84 bits per heavy atom. The summed E-state index contributed by atoms with van der Waals surface area (Å²) < 4.78 is 5.63. The van der Waals surface area contributed by atoms with Crippen molar-refractivity contribution in [1.29, 1.82) is 0 Å². The molecule has 2 aromatic rings. The van der Waals surface area contributed by atoms with Crippen molar-refractivity contribution >= 4 is 23.2 Å². The number of allylic oxidation sites excluding steroid dienone is 1. The molecule has 25 heavy (non-hydrogen) atoms. The molecule has 0 bridgehead atoms. The first-order valence-corrected chi connectivity index (χ1v) is 8.37. The smallest absolute Gasteiger partial charge is 0.322 e. The lowest BCUT2D eigenvalue weighted by Gasteiger charge is -2.31. The van der Waals surface area contributed by atoms with Gasteiger partial charge in [-0.15, -0.1) is 0 Å². The first-order chi connectivity index (χ1) is 12.2. The Bertz CT molecular complexity index is 855. The molecule has 6 heteroatoms. The van der Waals surface area contributed by atoms with Crippen LogP contribution >= 0.6 is 0 Å². The van der Waals surface area contributed by atoms with Gasteiger partial charge in [-0.3, -0.25) is 9.69 Å². The minimum Gasteiger partial charge on any atom is -0.467 e. The van der Waals surface area contributed by atoms with E-state index in [1.807, 2.05) is 24.3 Å². The SMILES string of the molecule is CNC(=O)N1c2ccccc2NC2=C(C(=O)CCC2)[C@@H]1c1ccco1. The third-order valence-corrected chi connectivity index (χ3v) is 4.68. The van der Waals surface area contributed by atoms with Crippen molar-refractivity contribution in [2.24, 2.45) is 0 Å². The number of carbonyl (C=O) groups excluding carboxylic acids is 2. The van der Waals surface area contributed by atoms with E-state index in [-0.39, 0.29) is 11.8 Å². The van der Waals surface area contributed by atoms with Crippen molar-refractivity contribution in [2.45, 2.75) is 25.3 Å². The van der Waals surface area contributed by atoms with Crippen LogP contribution < -0.4 is 15.5 Å². The summed E-state index contributed by atoms with van der Waals surface area (Å²) in [5.74, 6) is 0.627. The van der Waals surface area contributed by atoms with Crippen LogP contribution in [0.15, 0.2) is 58.3 Å². The zero-order chi connectivity index (χ0) is 17.4. The van der Waals surface area contributed by atoms with Gasteiger partial charge in [-0.2, -0.15) is 0 Å². The summed E-state index contributed by atoms with van der Waals surface area (Å²) in [5.41, 5.74) is 3.00. The van der Waals surface area contributed by atoms with Gasteiger partial charge in [0.2, 0.25) is 0 Å². The van der Waals surface area contributed by atoms with Gasteiger partial charge in [-0.05, 0) is 37.1 Å². The number of nitrogens with zero attached hydrogens (tertiary/aromatic N) is 1. The van der Waals surface area contributed by atoms with E-state index in [1.165, 1.54) is 0 Å². The third-order valence-electron chi connectivity index (χ3n) is 4.68. The summed E-state index contributed by atoms with van der Waals surface area (Å²) in [6, 6.07) is 10.3. The maximum absolute atomic E-state index is 12.8. The van der Waals surface area contributed by atoms with E-state index >= 15 is 0 Å². The lowest BCUT2D eigenvalue weighted by atomic mass is 9.88. The van der Waals surface area contributed by atoms with Gasteiger partial charge >= 0.3 is 6.03 Å². The Balaban J connectivity index is 1.99. The van der Waals surface area contributed by atoms with Crippen LogP contribution in [0.2, 0.25) is 0 Å². The normalized spacial score (nSPS) is 19.6. The first kappa shape index (κ1) is 15.5. The number of carbonyl (C=O) groups is 2. The molecule has 0 fully saturated rings. The van der Waals surface area contributed by atoms with Crippen LogP contribution in [-0.4, -0.2) is 18.9 Å². The molecule has 1 aliphatic heterocycles. The molecule has 1 atom stereocenters. The molecule has 0 unspecified atom stereocenters. The molecule has 6 nitrogen and oxygen atoms in total. The molecule has 128 valence electrons. The summed E-state index contributed by atoms with van der Waals surface area (Å²) in [6.07, 6.45) is 3.62. The minimum atomic E-state index is -0.589. The predicted molar refractivity (Wildman–Crippen MR) is 94.3 cm³/mol. The van der Waals surface area contributed by atoms with Crippen LogP contribution in [0.4, 0.5) is 16.2 Å². The second kappa shape index (κ2) is 6.12. The lowest BCUT2D eigenvalue weighted by Crippen LogP contribution is -2.42. The number of hydrogen-bond donors (Lipinski definition) is 2. The minimum absolute atomic E-state index is 0.0526. The first-order valence-electron chi connectivity index (χ1n) is 8.37. The number of fused-ring (bicyclic) bond motifs is 1. The molecule has 0 radical (unpaired) electrons. The van der Waals surface area contributed by atoms with E-state index in [0.29, 0.717) is 23.4 Å². The molecular weight excluding hydrogens is 318 g/mol. The van der Waals surface area contributed by atoms with E-state index < -0.39 is 6.04 Å². The number of Topliss-reactive ketones (excluding diaryl/α,β-unsaturated/α-hetero) is 1. The second-order valence-corrected chi connectivity index (χ2v) is 6.15. The van der Waals surface area contributed by atoms with E-state index in [2.05, 4.69) is 10.6 Å². The van der Waals surface area contributed by atoms with Crippen molar-refractivity contribution in [1.82, 2.24) is 5.32 Å². The number of urea groups is 1. The number of benzene rings is 1. The summed E-state index contributed by atoms with van der Waals surface area (Å²) in [6.45, 7) is 0. The molecule has 0 saturated heterocycles. The molecule has 4 rings (SSSR count). The van der Waals surface area contributed by atoms with Crippen LogP contribution in [0.25, 0.3) is 0 Å². The molecule has 1 aromatic heterocycles. The molecule has 2 aliphatic rings. The highest BCUT2D eigenvalue weighted by Crippen LogP contribution is 2.44. The van der Waals surface area contributed by atoms with Gasteiger partial charge in [0.1, 0.15) is 11.8 Å². The lowest BCUT2D eigenvalue weighted by molar-refractivity contribution is -0.116. The third kappa shape index (κ3) is 2.50. The van der Waals surface area contributed by atoms with Crippen LogP contribution in [0.5, 0.6) is 0 Å². The van der Waals surface area contributed by atoms with Crippen molar-refractivity contribution in [2.75, 3.05) is 17.3 Å². The van der Waals surface area contributed by atoms with Crippen LogP contribution in [-0.2, 0) is 4.79 Å². The number of amides is 2.